The Labute approximate surface area is 149 Å². The molecule has 5 heteroatoms. The fourth-order valence-electron chi connectivity index (χ4n) is 3.09. The van der Waals surface area contributed by atoms with Gasteiger partial charge >= 0.3 is 5.63 Å². The largest absolute Gasteiger partial charge is 0.423 e. The van der Waals surface area contributed by atoms with E-state index < -0.39 is 0 Å². The van der Waals surface area contributed by atoms with Crippen LogP contribution in [0.2, 0.25) is 0 Å². The van der Waals surface area contributed by atoms with E-state index in [1.54, 1.807) is 11.3 Å². The van der Waals surface area contributed by atoms with Crippen molar-refractivity contribution in [2.24, 2.45) is 0 Å². The zero-order valence-electron chi connectivity index (χ0n) is 14.2. The van der Waals surface area contributed by atoms with Gasteiger partial charge in [-0.3, -0.25) is 0 Å². The molecule has 2 aromatic heterocycles. The van der Waals surface area contributed by atoms with Gasteiger partial charge in [-0.15, -0.1) is 11.3 Å². The van der Waals surface area contributed by atoms with Crippen LogP contribution >= 0.6 is 11.3 Å². The monoisotopic (exact) mass is 350 g/mol. The Bertz CT molecular complexity index is 1080. The van der Waals surface area contributed by atoms with E-state index in [0.717, 1.165) is 40.3 Å². The Morgan fingerprint density at radius 1 is 1.08 bits per heavy atom. The predicted molar refractivity (Wildman–Crippen MR) is 105 cm³/mol. The summed E-state index contributed by atoms with van der Waals surface area (Å²) in [5.74, 6) is 0. The van der Waals surface area contributed by atoms with E-state index in [-0.39, 0.29) is 5.63 Å². The highest BCUT2D eigenvalue weighted by atomic mass is 32.1. The third kappa shape index (κ3) is 2.81. The Morgan fingerprint density at radius 2 is 1.88 bits per heavy atom. The first-order chi connectivity index (χ1) is 12.2. The van der Waals surface area contributed by atoms with Crippen LogP contribution in [0.4, 0.5) is 5.69 Å². The number of hydrogen-bond donors (Lipinski definition) is 0. The molecule has 4 aromatic rings. The van der Waals surface area contributed by atoms with E-state index >= 15 is 0 Å². The molecule has 126 valence electrons. The van der Waals surface area contributed by atoms with Crippen LogP contribution in [0, 0.1) is 0 Å². The predicted octanol–water partition coefficient (Wildman–Crippen LogP) is 4.92. The number of aromatic nitrogens is 1. The van der Waals surface area contributed by atoms with Gasteiger partial charge in [0.1, 0.15) is 10.6 Å². The quantitative estimate of drug-likeness (QED) is 0.490. The number of thiazole rings is 1. The number of anilines is 1. The van der Waals surface area contributed by atoms with Crippen LogP contribution in [0.3, 0.4) is 0 Å². The molecule has 0 spiro atoms. The van der Waals surface area contributed by atoms with Crippen molar-refractivity contribution in [1.29, 1.82) is 0 Å². The van der Waals surface area contributed by atoms with Crippen LogP contribution in [-0.2, 0) is 0 Å². The summed E-state index contributed by atoms with van der Waals surface area (Å²) in [5.41, 5.74) is 3.41. The molecule has 0 N–H and O–H groups in total. The summed E-state index contributed by atoms with van der Waals surface area (Å²) in [5, 5.41) is 1.89. The molecular weight excluding hydrogens is 332 g/mol. The fourth-order valence-corrected chi connectivity index (χ4v) is 4.08. The Balaban J connectivity index is 2.00. The van der Waals surface area contributed by atoms with Gasteiger partial charge in [0.25, 0.3) is 0 Å². The molecule has 2 aromatic carbocycles. The van der Waals surface area contributed by atoms with Gasteiger partial charge in [0.2, 0.25) is 0 Å². The molecule has 0 unspecified atom stereocenters. The molecule has 0 radical (unpaired) electrons. The van der Waals surface area contributed by atoms with Gasteiger partial charge < -0.3 is 9.32 Å². The smallest absolute Gasteiger partial charge is 0.336 e. The van der Waals surface area contributed by atoms with Crippen molar-refractivity contribution < 1.29 is 4.42 Å². The summed E-state index contributed by atoms with van der Waals surface area (Å²) >= 11 is 1.68. The lowest BCUT2D eigenvalue weighted by Crippen LogP contribution is -2.22. The van der Waals surface area contributed by atoms with Gasteiger partial charge in [0.15, 0.2) is 0 Å². The molecule has 4 nitrogen and oxygen atoms in total. The first-order valence-corrected chi connectivity index (χ1v) is 9.20. The molecule has 4 rings (SSSR count). The Hall–Kier alpha value is -2.66. The van der Waals surface area contributed by atoms with Gasteiger partial charge in [0.05, 0.1) is 15.9 Å². The summed E-state index contributed by atoms with van der Waals surface area (Å²) < 4.78 is 6.56. The first kappa shape index (κ1) is 15.8. The van der Waals surface area contributed by atoms with Crippen molar-refractivity contribution >= 4 is 38.2 Å². The van der Waals surface area contributed by atoms with E-state index in [1.807, 2.05) is 30.3 Å². The number of nitrogens with zero attached hydrogens (tertiary/aromatic N) is 2. The van der Waals surface area contributed by atoms with Crippen LogP contribution in [0.15, 0.2) is 57.7 Å². The summed E-state index contributed by atoms with van der Waals surface area (Å²) in [6.45, 7) is 5.99. The lowest BCUT2D eigenvalue weighted by atomic mass is 10.1. The number of fused-ring (bicyclic) bond motifs is 2. The second-order valence-electron chi connectivity index (χ2n) is 5.82. The van der Waals surface area contributed by atoms with Gasteiger partial charge in [0, 0.05) is 36.2 Å². The van der Waals surface area contributed by atoms with Crippen molar-refractivity contribution in [3.63, 3.8) is 0 Å². The maximum Gasteiger partial charge on any atom is 0.336 e. The van der Waals surface area contributed by atoms with E-state index in [2.05, 4.69) is 30.9 Å². The SMILES string of the molecule is CCN(CC)c1cc2oc(=O)ccc2cc1-c1nc2ccccc2s1. The second kappa shape index (κ2) is 6.33. The molecule has 0 atom stereocenters. The maximum atomic E-state index is 11.6. The molecule has 0 saturated carbocycles. The maximum absolute atomic E-state index is 11.6. The average molecular weight is 350 g/mol. The summed E-state index contributed by atoms with van der Waals surface area (Å²) in [6, 6.07) is 15.5. The lowest BCUT2D eigenvalue weighted by Gasteiger charge is -2.23. The third-order valence-electron chi connectivity index (χ3n) is 4.37. The van der Waals surface area contributed by atoms with Crippen LogP contribution in [0.1, 0.15) is 13.8 Å². The number of benzene rings is 2. The molecule has 0 amide bonds. The highest BCUT2D eigenvalue weighted by molar-refractivity contribution is 7.21. The Morgan fingerprint density at radius 3 is 2.64 bits per heavy atom. The van der Waals surface area contributed by atoms with Crippen LogP contribution in [-0.4, -0.2) is 18.1 Å². The molecular formula is C20H18N2O2S. The molecule has 25 heavy (non-hydrogen) atoms. The standard InChI is InChI=1S/C20H18N2O2S/c1-3-22(4-2)16-12-17-13(9-10-19(23)24-17)11-14(16)20-21-15-7-5-6-8-18(15)25-20/h5-12H,3-4H2,1-2H3. The zero-order valence-corrected chi connectivity index (χ0v) is 15.0. The van der Waals surface area contributed by atoms with E-state index in [4.69, 9.17) is 9.40 Å². The van der Waals surface area contributed by atoms with E-state index in [1.165, 1.54) is 10.8 Å². The average Bonchev–Trinajstić information content (AvgIpc) is 3.06. The van der Waals surface area contributed by atoms with Crippen LogP contribution in [0.25, 0.3) is 31.8 Å². The van der Waals surface area contributed by atoms with Crippen molar-refractivity contribution in [1.82, 2.24) is 4.98 Å². The topological polar surface area (TPSA) is 46.3 Å². The van der Waals surface area contributed by atoms with Crippen LogP contribution in [0.5, 0.6) is 0 Å². The van der Waals surface area contributed by atoms with Crippen LogP contribution < -0.4 is 10.5 Å². The van der Waals surface area contributed by atoms with Crippen molar-refractivity contribution in [2.45, 2.75) is 13.8 Å². The number of para-hydroxylation sites is 1. The fraction of sp³-hybridized carbons (Fsp3) is 0.200. The van der Waals surface area contributed by atoms with Gasteiger partial charge in [-0.05, 0) is 38.1 Å². The van der Waals surface area contributed by atoms with Gasteiger partial charge in [-0.2, -0.15) is 0 Å². The van der Waals surface area contributed by atoms with E-state index in [0.29, 0.717) is 5.58 Å². The third-order valence-corrected chi connectivity index (χ3v) is 5.44. The number of rotatable bonds is 4. The highest BCUT2D eigenvalue weighted by Gasteiger charge is 2.16. The lowest BCUT2D eigenvalue weighted by molar-refractivity contribution is 0.561. The second-order valence-corrected chi connectivity index (χ2v) is 6.85. The highest BCUT2D eigenvalue weighted by Crippen LogP contribution is 2.38. The Kier molecular flexibility index (Phi) is 4.01. The number of hydrogen-bond acceptors (Lipinski definition) is 5. The molecule has 0 bridgehead atoms. The van der Waals surface area contributed by atoms with E-state index in [9.17, 15) is 4.79 Å². The molecule has 0 aliphatic rings. The zero-order chi connectivity index (χ0) is 17.4. The minimum Gasteiger partial charge on any atom is -0.423 e. The van der Waals surface area contributed by atoms with Crippen molar-refractivity contribution in [3.8, 4) is 10.6 Å². The van der Waals surface area contributed by atoms with Crippen molar-refractivity contribution in [2.75, 3.05) is 18.0 Å². The molecule has 0 aliphatic heterocycles. The summed E-state index contributed by atoms with van der Waals surface area (Å²) in [4.78, 5) is 18.7. The first-order valence-electron chi connectivity index (χ1n) is 8.38. The molecule has 0 saturated heterocycles. The summed E-state index contributed by atoms with van der Waals surface area (Å²) in [6.07, 6.45) is 0. The molecule has 0 aliphatic carbocycles. The minimum absolute atomic E-state index is 0.328. The van der Waals surface area contributed by atoms with Gasteiger partial charge in [-0.25, -0.2) is 9.78 Å². The minimum atomic E-state index is -0.328. The molecule has 2 heterocycles. The van der Waals surface area contributed by atoms with Gasteiger partial charge in [-0.1, -0.05) is 12.1 Å². The molecule has 0 fully saturated rings. The van der Waals surface area contributed by atoms with Crippen molar-refractivity contribution in [3.05, 3.63) is 59.0 Å². The summed E-state index contributed by atoms with van der Waals surface area (Å²) in [7, 11) is 0. The normalized spacial score (nSPS) is 11.3.